The number of nitrogens with zero attached hydrogens (tertiary/aromatic N) is 2. The summed E-state index contributed by atoms with van der Waals surface area (Å²) >= 11 is 16.0. The number of rotatable bonds is 2. The first-order valence-corrected chi connectivity index (χ1v) is 8.29. The lowest BCUT2D eigenvalue weighted by atomic mass is 10.0. The molecule has 0 saturated heterocycles. The molecule has 1 aliphatic carbocycles. The number of halogens is 4. The van der Waals surface area contributed by atoms with E-state index in [-0.39, 0.29) is 5.82 Å². The standard InChI is InChI=1S/C15H12BrCl2FN2/c16-11-7-9(19)5-6-10(11)15-20-13(17)12(14(18)21-15)8-3-1-2-4-8/h5-8H,1-4H2. The summed E-state index contributed by atoms with van der Waals surface area (Å²) in [5.41, 5.74) is 1.51. The van der Waals surface area contributed by atoms with E-state index in [2.05, 4.69) is 25.9 Å². The van der Waals surface area contributed by atoms with Crippen LogP contribution in [0.2, 0.25) is 10.3 Å². The molecule has 0 spiro atoms. The molecule has 3 rings (SSSR count). The second-order valence-electron chi connectivity index (χ2n) is 5.15. The Labute approximate surface area is 140 Å². The molecule has 0 N–H and O–H groups in total. The van der Waals surface area contributed by atoms with Gasteiger partial charge in [0.15, 0.2) is 5.82 Å². The third-order valence-electron chi connectivity index (χ3n) is 3.79. The Bertz CT molecular complexity index is 664. The average molecular weight is 390 g/mol. The van der Waals surface area contributed by atoms with Crippen molar-refractivity contribution in [3.8, 4) is 11.4 Å². The third kappa shape index (κ3) is 3.08. The first-order chi connectivity index (χ1) is 10.1. The van der Waals surface area contributed by atoms with Crippen LogP contribution in [-0.4, -0.2) is 9.97 Å². The summed E-state index contributed by atoms with van der Waals surface area (Å²) in [6.07, 6.45) is 4.51. The van der Waals surface area contributed by atoms with Crippen molar-refractivity contribution in [3.63, 3.8) is 0 Å². The van der Waals surface area contributed by atoms with Crippen molar-refractivity contribution in [2.75, 3.05) is 0 Å². The van der Waals surface area contributed by atoms with Gasteiger partial charge in [0.1, 0.15) is 16.1 Å². The Morgan fingerprint density at radius 3 is 2.29 bits per heavy atom. The lowest BCUT2D eigenvalue weighted by molar-refractivity contribution is 0.627. The van der Waals surface area contributed by atoms with Crippen LogP contribution in [0.4, 0.5) is 4.39 Å². The van der Waals surface area contributed by atoms with Crippen molar-refractivity contribution in [1.29, 1.82) is 0 Å². The first-order valence-electron chi connectivity index (χ1n) is 6.74. The van der Waals surface area contributed by atoms with Crippen molar-refractivity contribution >= 4 is 39.1 Å². The van der Waals surface area contributed by atoms with Crippen LogP contribution in [0.15, 0.2) is 22.7 Å². The highest BCUT2D eigenvalue weighted by atomic mass is 79.9. The molecule has 1 aromatic heterocycles. The van der Waals surface area contributed by atoms with E-state index in [0.717, 1.165) is 18.4 Å². The SMILES string of the molecule is Fc1ccc(-c2nc(Cl)c(C3CCCC3)c(Cl)n2)c(Br)c1. The molecule has 0 bridgehead atoms. The van der Waals surface area contributed by atoms with Gasteiger partial charge < -0.3 is 0 Å². The molecule has 0 unspecified atom stereocenters. The van der Waals surface area contributed by atoms with Crippen molar-refractivity contribution in [2.45, 2.75) is 31.6 Å². The first kappa shape index (κ1) is 15.2. The maximum atomic E-state index is 13.2. The second kappa shape index (κ2) is 6.19. The fourth-order valence-corrected chi connectivity index (χ4v) is 3.98. The van der Waals surface area contributed by atoms with Gasteiger partial charge in [0.2, 0.25) is 0 Å². The lowest BCUT2D eigenvalue weighted by Gasteiger charge is -2.14. The van der Waals surface area contributed by atoms with Gasteiger partial charge in [-0.05, 0) is 52.9 Å². The lowest BCUT2D eigenvalue weighted by Crippen LogP contribution is -2.02. The molecule has 1 heterocycles. The Hall–Kier alpha value is -0.710. The topological polar surface area (TPSA) is 25.8 Å². The van der Waals surface area contributed by atoms with E-state index in [0.29, 0.717) is 32.1 Å². The largest absolute Gasteiger partial charge is 0.216 e. The molecule has 21 heavy (non-hydrogen) atoms. The highest BCUT2D eigenvalue weighted by Crippen LogP contribution is 2.41. The van der Waals surface area contributed by atoms with Crippen molar-refractivity contribution in [2.24, 2.45) is 0 Å². The monoisotopic (exact) mass is 388 g/mol. The minimum absolute atomic E-state index is 0.328. The minimum Gasteiger partial charge on any atom is -0.216 e. The molecule has 0 aliphatic heterocycles. The van der Waals surface area contributed by atoms with Gasteiger partial charge in [0.25, 0.3) is 0 Å². The summed E-state index contributed by atoms with van der Waals surface area (Å²) in [5.74, 6) is 0.416. The van der Waals surface area contributed by atoms with E-state index in [4.69, 9.17) is 23.2 Å². The summed E-state index contributed by atoms with van der Waals surface area (Å²) in [6, 6.07) is 4.33. The second-order valence-corrected chi connectivity index (χ2v) is 6.72. The molecular weight excluding hydrogens is 378 g/mol. The highest BCUT2D eigenvalue weighted by molar-refractivity contribution is 9.10. The van der Waals surface area contributed by atoms with Crippen LogP contribution < -0.4 is 0 Å². The molecule has 2 nitrogen and oxygen atoms in total. The van der Waals surface area contributed by atoms with E-state index in [1.54, 1.807) is 6.07 Å². The van der Waals surface area contributed by atoms with Crippen molar-refractivity contribution in [3.05, 3.63) is 44.4 Å². The molecule has 1 saturated carbocycles. The molecular formula is C15H12BrCl2FN2. The smallest absolute Gasteiger partial charge is 0.163 e. The van der Waals surface area contributed by atoms with Gasteiger partial charge in [-0.1, -0.05) is 36.0 Å². The predicted octanol–water partition coefficient (Wildman–Crippen LogP) is 6.01. The van der Waals surface area contributed by atoms with Gasteiger partial charge in [0.05, 0.1) is 0 Å². The van der Waals surface area contributed by atoms with E-state index in [9.17, 15) is 4.39 Å². The van der Waals surface area contributed by atoms with Gasteiger partial charge in [-0.15, -0.1) is 0 Å². The predicted molar refractivity (Wildman–Crippen MR) is 86.4 cm³/mol. The Balaban J connectivity index is 2.05. The molecule has 0 atom stereocenters. The maximum absolute atomic E-state index is 13.2. The van der Waals surface area contributed by atoms with E-state index in [1.807, 2.05) is 0 Å². The summed E-state index contributed by atoms with van der Waals surface area (Å²) < 4.78 is 13.7. The number of hydrogen-bond donors (Lipinski definition) is 0. The molecule has 0 amide bonds. The minimum atomic E-state index is -0.328. The molecule has 6 heteroatoms. The zero-order valence-electron chi connectivity index (χ0n) is 11.0. The molecule has 1 aromatic carbocycles. The van der Waals surface area contributed by atoms with Crippen molar-refractivity contribution < 1.29 is 4.39 Å². The zero-order valence-corrected chi connectivity index (χ0v) is 14.1. The van der Waals surface area contributed by atoms with Gasteiger partial charge in [-0.3, -0.25) is 0 Å². The maximum Gasteiger partial charge on any atom is 0.163 e. The van der Waals surface area contributed by atoms with Crippen molar-refractivity contribution in [1.82, 2.24) is 9.97 Å². The molecule has 110 valence electrons. The third-order valence-corrected chi connectivity index (χ3v) is 5.02. The van der Waals surface area contributed by atoms with Crippen LogP contribution in [0.25, 0.3) is 11.4 Å². The quantitative estimate of drug-likeness (QED) is 0.587. The Morgan fingerprint density at radius 1 is 1.10 bits per heavy atom. The molecule has 2 aromatic rings. The van der Waals surface area contributed by atoms with E-state index in [1.165, 1.54) is 25.0 Å². The fraction of sp³-hybridized carbons (Fsp3) is 0.333. The summed E-state index contributed by atoms with van der Waals surface area (Å²) in [6.45, 7) is 0. The Morgan fingerprint density at radius 2 is 1.71 bits per heavy atom. The zero-order chi connectivity index (χ0) is 15.0. The molecule has 0 radical (unpaired) electrons. The number of aromatic nitrogens is 2. The van der Waals surface area contributed by atoms with Crippen LogP contribution in [0.1, 0.15) is 37.2 Å². The van der Waals surface area contributed by atoms with Crippen LogP contribution in [0.5, 0.6) is 0 Å². The summed E-state index contributed by atoms with van der Waals surface area (Å²) in [4.78, 5) is 8.71. The average Bonchev–Trinajstić information content (AvgIpc) is 2.91. The van der Waals surface area contributed by atoms with E-state index < -0.39 is 0 Å². The van der Waals surface area contributed by atoms with Crippen LogP contribution in [0.3, 0.4) is 0 Å². The fourth-order valence-electron chi connectivity index (χ4n) is 2.76. The molecule has 1 aliphatic rings. The summed E-state index contributed by atoms with van der Waals surface area (Å²) in [5, 5.41) is 0.793. The van der Waals surface area contributed by atoms with Gasteiger partial charge in [0, 0.05) is 15.6 Å². The van der Waals surface area contributed by atoms with Crippen LogP contribution in [-0.2, 0) is 0 Å². The van der Waals surface area contributed by atoms with E-state index >= 15 is 0 Å². The van der Waals surface area contributed by atoms with Gasteiger partial charge >= 0.3 is 0 Å². The van der Waals surface area contributed by atoms with Crippen LogP contribution in [0, 0.1) is 5.82 Å². The number of hydrogen-bond acceptors (Lipinski definition) is 2. The highest BCUT2D eigenvalue weighted by Gasteiger charge is 2.25. The van der Waals surface area contributed by atoms with Crippen LogP contribution >= 0.6 is 39.1 Å². The van der Waals surface area contributed by atoms with Gasteiger partial charge in [-0.25, -0.2) is 14.4 Å². The normalized spacial score (nSPS) is 15.6. The Kier molecular flexibility index (Phi) is 4.48. The number of benzene rings is 1. The summed E-state index contributed by atoms with van der Waals surface area (Å²) in [7, 11) is 0. The molecule has 1 fully saturated rings. The van der Waals surface area contributed by atoms with Gasteiger partial charge in [-0.2, -0.15) is 0 Å².